The van der Waals surface area contributed by atoms with E-state index in [-0.39, 0.29) is 0 Å². The highest BCUT2D eigenvalue weighted by molar-refractivity contribution is 4.99. The van der Waals surface area contributed by atoms with Gasteiger partial charge in [0.15, 0.2) is 6.67 Å². The number of hydrogen-bond acceptors (Lipinski definition) is 2. The maximum Gasteiger partial charge on any atom is 0.449 e. The van der Waals surface area contributed by atoms with Gasteiger partial charge in [0.25, 0.3) is 5.83 Å². The lowest BCUT2D eigenvalue weighted by Gasteiger charge is -2.10. The van der Waals surface area contributed by atoms with E-state index in [1.807, 2.05) is 0 Å². The van der Waals surface area contributed by atoms with Crippen molar-refractivity contribution in [3.63, 3.8) is 0 Å². The maximum absolute atomic E-state index is 11.9. The topological polar surface area (TPSA) is 18.5 Å². The second-order valence-corrected chi connectivity index (χ2v) is 2.19. The second-order valence-electron chi connectivity index (χ2n) is 2.19. The van der Waals surface area contributed by atoms with Crippen molar-refractivity contribution in [3.05, 3.63) is 24.7 Å². The second kappa shape index (κ2) is 7.84. The summed E-state index contributed by atoms with van der Waals surface area (Å²) in [5.74, 6) is -3.00. The summed E-state index contributed by atoms with van der Waals surface area (Å²) in [6.07, 6.45) is -12.2. The fourth-order valence-electron chi connectivity index (χ4n) is 0.241. The molecule has 0 saturated carbocycles. The van der Waals surface area contributed by atoms with Crippen LogP contribution in [0.25, 0.3) is 0 Å². The van der Waals surface area contributed by atoms with Gasteiger partial charge in [-0.25, -0.2) is 4.39 Å². The third-order valence-corrected chi connectivity index (χ3v) is 0.794. The summed E-state index contributed by atoms with van der Waals surface area (Å²) >= 11 is 0. The smallest absolute Gasteiger partial charge is 0.340 e. The van der Waals surface area contributed by atoms with Gasteiger partial charge >= 0.3 is 18.4 Å². The van der Waals surface area contributed by atoms with Crippen molar-refractivity contribution >= 4 is 0 Å². The summed E-state index contributed by atoms with van der Waals surface area (Å²) in [5.41, 5.74) is 0. The molecule has 18 heavy (non-hydrogen) atoms. The summed E-state index contributed by atoms with van der Waals surface area (Å²) in [4.78, 5) is 6.31. The lowest BCUT2D eigenvalue weighted by molar-refractivity contribution is -0.403. The fourth-order valence-corrected chi connectivity index (χ4v) is 0.241. The fraction of sp³-hybridized carbons (Fsp3) is 0.429. The van der Waals surface area contributed by atoms with Crippen molar-refractivity contribution in [3.8, 4) is 0 Å². The molecule has 0 aliphatic heterocycles. The highest BCUT2D eigenvalue weighted by Crippen LogP contribution is 2.30. The minimum absolute atomic E-state index is 0.386. The van der Waals surface area contributed by atoms with Gasteiger partial charge in [0, 0.05) is 0 Å². The number of rotatable bonds is 4. The molecule has 0 bridgehead atoms. The average Bonchev–Trinajstić information content (AvgIpc) is 2.25. The largest absolute Gasteiger partial charge is 0.449 e. The van der Waals surface area contributed by atoms with Crippen LogP contribution in [0.5, 0.6) is 0 Å². The first-order chi connectivity index (χ1) is 7.98. The molecule has 0 rings (SSSR count). The van der Waals surface area contributed by atoms with Gasteiger partial charge in [-0.2, -0.15) is 35.1 Å². The monoisotopic (exact) mass is 292 g/mol. The molecule has 0 aliphatic carbocycles. The van der Waals surface area contributed by atoms with Crippen LogP contribution < -0.4 is 0 Å². The molecule has 0 fully saturated rings. The van der Waals surface area contributed by atoms with Crippen LogP contribution in [0, 0.1) is 0 Å². The molecule has 0 spiro atoms. The van der Waals surface area contributed by atoms with E-state index in [9.17, 15) is 39.5 Å². The molecule has 0 aromatic heterocycles. The van der Waals surface area contributed by atoms with Crippen LogP contribution in [0.3, 0.4) is 0 Å². The van der Waals surface area contributed by atoms with Crippen molar-refractivity contribution in [1.82, 2.24) is 0 Å². The Bertz CT molecular complexity index is 279. The number of halogens is 9. The third kappa shape index (κ3) is 9.81. The standard InChI is InChI=1S/C5H3F5O2.C2H2F4/c1-2-11-12-5(9,10)3(6)4(7)8;3-1-2(4,5)6/h2H,1H2;1H2. The van der Waals surface area contributed by atoms with Gasteiger partial charge in [-0.05, 0) is 0 Å². The molecule has 0 aromatic carbocycles. The molecular weight excluding hydrogens is 287 g/mol. The van der Waals surface area contributed by atoms with Crippen molar-refractivity contribution < 1.29 is 49.3 Å². The Morgan fingerprint density at radius 1 is 1.06 bits per heavy atom. The van der Waals surface area contributed by atoms with Crippen LogP contribution in [-0.4, -0.2) is 19.0 Å². The normalized spacial score (nSPS) is 11.2. The van der Waals surface area contributed by atoms with E-state index < -0.39 is 30.9 Å². The van der Waals surface area contributed by atoms with E-state index in [4.69, 9.17) is 0 Å². The van der Waals surface area contributed by atoms with Gasteiger partial charge < -0.3 is 4.89 Å². The first kappa shape index (κ1) is 19.0. The van der Waals surface area contributed by atoms with Gasteiger partial charge in [0.1, 0.15) is 6.26 Å². The van der Waals surface area contributed by atoms with Crippen molar-refractivity contribution in [2.24, 2.45) is 0 Å². The van der Waals surface area contributed by atoms with Crippen LogP contribution in [0.4, 0.5) is 39.5 Å². The van der Waals surface area contributed by atoms with Crippen molar-refractivity contribution in [1.29, 1.82) is 0 Å². The SMILES string of the molecule is C=COOC(F)(F)C(F)=C(F)F.FCC(F)(F)F. The van der Waals surface area contributed by atoms with Gasteiger partial charge in [-0.3, -0.25) is 0 Å². The summed E-state index contributed by atoms with van der Waals surface area (Å²) in [7, 11) is 0. The Morgan fingerprint density at radius 2 is 1.44 bits per heavy atom. The van der Waals surface area contributed by atoms with E-state index in [0.29, 0.717) is 6.26 Å². The Hall–Kier alpha value is -1.39. The molecule has 0 N–H and O–H groups in total. The van der Waals surface area contributed by atoms with Crippen LogP contribution in [0.2, 0.25) is 0 Å². The van der Waals surface area contributed by atoms with E-state index in [1.165, 1.54) is 0 Å². The molecule has 11 heteroatoms. The van der Waals surface area contributed by atoms with Gasteiger partial charge in [-0.1, -0.05) is 6.58 Å². The minimum Gasteiger partial charge on any atom is -0.340 e. The predicted molar refractivity (Wildman–Crippen MR) is 39.7 cm³/mol. The Labute approximate surface area is 94.2 Å². The highest BCUT2D eigenvalue weighted by Gasteiger charge is 2.42. The van der Waals surface area contributed by atoms with Crippen LogP contribution in [0.1, 0.15) is 0 Å². The summed E-state index contributed by atoms with van der Waals surface area (Å²) in [5, 5.41) is 0. The third-order valence-electron chi connectivity index (χ3n) is 0.794. The molecule has 0 saturated heterocycles. The molecule has 0 atom stereocenters. The van der Waals surface area contributed by atoms with E-state index in [0.717, 1.165) is 0 Å². The highest BCUT2D eigenvalue weighted by atomic mass is 19.4. The molecule has 108 valence electrons. The molecule has 0 unspecified atom stereocenters. The quantitative estimate of drug-likeness (QED) is 0.333. The van der Waals surface area contributed by atoms with E-state index >= 15 is 0 Å². The molecule has 0 radical (unpaired) electrons. The van der Waals surface area contributed by atoms with Crippen molar-refractivity contribution in [2.75, 3.05) is 6.67 Å². The lowest BCUT2D eigenvalue weighted by Crippen LogP contribution is -2.21. The first-order valence-corrected chi connectivity index (χ1v) is 3.65. The minimum atomic E-state index is -4.80. The zero-order chi connectivity index (χ0) is 15.0. The average molecular weight is 292 g/mol. The molecule has 2 nitrogen and oxygen atoms in total. The Morgan fingerprint density at radius 3 is 1.67 bits per heavy atom. The lowest BCUT2D eigenvalue weighted by atomic mass is 10.5. The molecule has 0 aromatic rings. The van der Waals surface area contributed by atoms with E-state index in [1.54, 1.807) is 0 Å². The molecule has 0 aliphatic rings. The zero-order valence-corrected chi connectivity index (χ0v) is 8.21. The first-order valence-electron chi connectivity index (χ1n) is 3.65. The number of alkyl halides is 6. The van der Waals surface area contributed by atoms with Gasteiger partial charge in [0.05, 0.1) is 0 Å². The summed E-state index contributed by atoms with van der Waals surface area (Å²) in [6, 6.07) is 0. The molecule has 0 amide bonds. The Kier molecular flexibility index (Phi) is 8.26. The van der Waals surface area contributed by atoms with Gasteiger partial charge in [0.2, 0.25) is 0 Å². The van der Waals surface area contributed by atoms with Gasteiger partial charge in [-0.15, -0.1) is 4.89 Å². The summed E-state index contributed by atoms with van der Waals surface area (Å²) in [6.45, 7) is 0.532. The maximum atomic E-state index is 11.9. The van der Waals surface area contributed by atoms with Crippen LogP contribution in [0.15, 0.2) is 24.7 Å². The van der Waals surface area contributed by atoms with Crippen molar-refractivity contribution in [2.45, 2.75) is 12.3 Å². The van der Waals surface area contributed by atoms with Crippen LogP contribution >= 0.6 is 0 Å². The van der Waals surface area contributed by atoms with Crippen LogP contribution in [-0.2, 0) is 9.78 Å². The predicted octanol–water partition coefficient (Wildman–Crippen LogP) is 4.27. The zero-order valence-electron chi connectivity index (χ0n) is 8.21. The summed E-state index contributed by atoms with van der Waals surface area (Å²) < 4.78 is 99.7. The van der Waals surface area contributed by atoms with E-state index in [2.05, 4.69) is 16.4 Å². The molecular formula is C7H5F9O2. The number of hydrogen-bond donors (Lipinski definition) is 0. The molecule has 0 heterocycles. The Balaban J connectivity index is 0.